The van der Waals surface area contributed by atoms with E-state index in [4.69, 9.17) is 9.52 Å². The summed E-state index contributed by atoms with van der Waals surface area (Å²) in [5.74, 6) is 0.921. The maximum Gasteiger partial charge on any atom is 0.373 e. The Morgan fingerprint density at radius 1 is 1.62 bits per heavy atom. The molecule has 1 N–H and O–H groups in total. The zero-order valence-electron chi connectivity index (χ0n) is 9.86. The van der Waals surface area contributed by atoms with Gasteiger partial charge >= 0.3 is 5.97 Å². The van der Waals surface area contributed by atoms with Crippen LogP contribution in [0.5, 0.6) is 0 Å². The van der Waals surface area contributed by atoms with E-state index in [1.165, 1.54) is 0 Å². The van der Waals surface area contributed by atoms with Gasteiger partial charge in [0, 0.05) is 5.92 Å². The Hall–Kier alpha value is -1.32. The van der Waals surface area contributed by atoms with E-state index in [9.17, 15) is 4.79 Å². The molecule has 0 radical (unpaired) electrons. The minimum atomic E-state index is -1.01. The van der Waals surface area contributed by atoms with Crippen LogP contribution in [0, 0.1) is 11.8 Å². The second kappa shape index (κ2) is 3.92. The lowest BCUT2D eigenvalue weighted by molar-refractivity contribution is 0.0658. The van der Waals surface area contributed by atoms with Crippen molar-refractivity contribution in [2.45, 2.75) is 39.5 Å². The molecule has 1 fully saturated rings. The summed E-state index contributed by atoms with van der Waals surface area (Å²) in [6, 6.07) is 0. The van der Waals surface area contributed by atoms with E-state index in [-0.39, 0.29) is 5.76 Å². The molecule has 88 valence electrons. The average Bonchev–Trinajstić information content (AvgIpc) is 2.74. The van der Waals surface area contributed by atoms with Crippen molar-refractivity contribution < 1.29 is 14.3 Å². The van der Waals surface area contributed by atoms with Crippen molar-refractivity contribution in [3.63, 3.8) is 0 Å². The van der Waals surface area contributed by atoms with Gasteiger partial charge in [-0.15, -0.1) is 0 Å². The number of rotatable bonds is 4. The van der Waals surface area contributed by atoms with Gasteiger partial charge in [-0.25, -0.2) is 9.78 Å². The third-order valence-electron chi connectivity index (χ3n) is 2.94. The molecule has 0 bridgehead atoms. The minimum absolute atomic E-state index is 0.0304. The minimum Gasteiger partial charge on any atom is -0.475 e. The molecule has 0 aliphatic heterocycles. The van der Waals surface area contributed by atoms with Crippen molar-refractivity contribution in [2.75, 3.05) is 0 Å². The number of hydrogen-bond acceptors (Lipinski definition) is 3. The second-order valence-electron chi connectivity index (χ2n) is 5.05. The molecule has 16 heavy (non-hydrogen) atoms. The fraction of sp³-hybridized carbons (Fsp3) is 0.667. The van der Waals surface area contributed by atoms with Crippen molar-refractivity contribution >= 4 is 5.97 Å². The Labute approximate surface area is 94.7 Å². The first-order chi connectivity index (χ1) is 7.49. The van der Waals surface area contributed by atoms with E-state index in [2.05, 4.69) is 11.9 Å². The highest BCUT2D eigenvalue weighted by molar-refractivity contribution is 5.85. The summed E-state index contributed by atoms with van der Waals surface area (Å²) >= 11 is 0. The van der Waals surface area contributed by atoms with Crippen molar-refractivity contribution in [3.05, 3.63) is 17.3 Å². The van der Waals surface area contributed by atoms with Gasteiger partial charge in [0.05, 0.1) is 5.69 Å². The van der Waals surface area contributed by atoms with Crippen molar-refractivity contribution in [3.8, 4) is 0 Å². The zero-order valence-corrected chi connectivity index (χ0v) is 9.86. The number of aromatic nitrogens is 1. The highest BCUT2D eigenvalue weighted by Gasteiger charge is 2.39. The van der Waals surface area contributed by atoms with Gasteiger partial charge in [-0.2, -0.15) is 0 Å². The number of carboxylic acids is 1. The molecule has 0 amide bonds. The molecule has 0 aromatic carbocycles. The molecular formula is C12H17NO3. The van der Waals surface area contributed by atoms with Crippen LogP contribution in [0.2, 0.25) is 0 Å². The number of carbonyl (C=O) groups is 1. The van der Waals surface area contributed by atoms with Crippen LogP contribution in [0.3, 0.4) is 0 Å². The van der Waals surface area contributed by atoms with Crippen LogP contribution in [0.15, 0.2) is 4.42 Å². The zero-order chi connectivity index (χ0) is 11.9. The first-order valence-electron chi connectivity index (χ1n) is 5.72. The van der Waals surface area contributed by atoms with Gasteiger partial charge in [-0.1, -0.05) is 20.8 Å². The van der Waals surface area contributed by atoms with Crippen LogP contribution in [0.4, 0.5) is 0 Å². The largest absolute Gasteiger partial charge is 0.475 e. The van der Waals surface area contributed by atoms with Crippen molar-refractivity contribution in [2.24, 2.45) is 11.8 Å². The molecule has 4 nitrogen and oxygen atoms in total. The van der Waals surface area contributed by atoms with Crippen LogP contribution in [-0.4, -0.2) is 16.1 Å². The smallest absolute Gasteiger partial charge is 0.373 e. The summed E-state index contributed by atoms with van der Waals surface area (Å²) in [5, 5.41) is 9.03. The molecule has 0 saturated heterocycles. The SMILES string of the molecule is CC(C)Cc1nc(C2CC2C)oc1C(=O)O. The maximum atomic E-state index is 11.0. The Morgan fingerprint density at radius 2 is 2.25 bits per heavy atom. The molecule has 1 aromatic heterocycles. The van der Waals surface area contributed by atoms with Gasteiger partial charge in [0.1, 0.15) is 0 Å². The maximum absolute atomic E-state index is 11.0. The van der Waals surface area contributed by atoms with Gasteiger partial charge in [0.15, 0.2) is 5.89 Å². The first-order valence-corrected chi connectivity index (χ1v) is 5.72. The first kappa shape index (κ1) is 11.2. The summed E-state index contributed by atoms with van der Waals surface area (Å²) in [4.78, 5) is 15.3. The number of hydrogen-bond donors (Lipinski definition) is 1. The van der Waals surface area contributed by atoms with E-state index in [1.807, 2.05) is 13.8 Å². The highest BCUT2D eigenvalue weighted by atomic mass is 16.4. The molecule has 2 unspecified atom stereocenters. The number of carboxylic acid groups (broad SMARTS) is 1. The lowest BCUT2D eigenvalue weighted by Crippen LogP contribution is -2.03. The van der Waals surface area contributed by atoms with Crippen molar-refractivity contribution in [1.29, 1.82) is 0 Å². The average molecular weight is 223 g/mol. The van der Waals surface area contributed by atoms with Crippen LogP contribution in [0.25, 0.3) is 0 Å². The Kier molecular flexibility index (Phi) is 2.74. The van der Waals surface area contributed by atoms with E-state index in [1.54, 1.807) is 0 Å². The fourth-order valence-corrected chi connectivity index (χ4v) is 1.89. The predicted octanol–water partition coefficient (Wildman–Crippen LogP) is 2.69. The third-order valence-corrected chi connectivity index (χ3v) is 2.94. The Balaban J connectivity index is 2.27. The molecule has 1 aliphatic rings. The van der Waals surface area contributed by atoms with Crippen LogP contribution < -0.4 is 0 Å². The molecule has 4 heteroatoms. The monoisotopic (exact) mass is 223 g/mol. The molecule has 1 aromatic rings. The summed E-state index contributed by atoms with van der Waals surface area (Å²) in [6.45, 7) is 6.21. The van der Waals surface area contributed by atoms with E-state index in [0.29, 0.717) is 35.8 Å². The Bertz CT molecular complexity index is 408. The van der Waals surface area contributed by atoms with E-state index < -0.39 is 5.97 Å². The number of nitrogens with zero attached hydrogens (tertiary/aromatic N) is 1. The van der Waals surface area contributed by atoms with Gasteiger partial charge in [0.2, 0.25) is 5.76 Å². The van der Waals surface area contributed by atoms with Gasteiger partial charge < -0.3 is 9.52 Å². The molecular weight excluding hydrogens is 206 g/mol. The standard InChI is InChI=1S/C12H17NO3/c1-6(2)4-9-10(12(14)15)16-11(13-9)8-5-7(8)3/h6-8H,4-5H2,1-3H3,(H,14,15). The molecule has 0 spiro atoms. The van der Waals surface area contributed by atoms with Gasteiger partial charge in [-0.3, -0.25) is 0 Å². The molecule has 2 atom stereocenters. The van der Waals surface area contributed by atoms with Crippen molar-refractivity contribution in [1.82, 2.24) is 4.98 Å². The number of aromatic carboxylic acids is 1. The molecule has 1 heterocycles. The molecule has 1 saturated carbocycles. The van der Waals surface area contributed by atoms with Crippen LogP contribution in [0.1, 0.15) is 55.2 Å². The normalized spacial score (nSPS) is 23.8. The third kappa shape index (κ3) is 2.10. The second-order valence-corrected chi connectivity index (χ2v) is 5.05. The highest BCUT2D eigenvalue weighted by Crippen LogP contribution is 2.46. The quantitative estimate of drug-likeness (QED) is 0.852. The van der Waals surface area contributed by atoms with Crippen LogP contribution >= 0.6 is 0 Å². The lowest BCUT2D eigenvalue weighted by Gasteiger charge is -1.99. The van der Waals surface area contributed by atoms with E-state index >= 15 is 0 Å². The van der Waals surface area contributed by atoms with E-state index in [0.717, 1.165) is 6.42 Å². The summed E-state index contributed by atoms with van der Waals surface area (Å²) < 4.78 is 5.36. The van der Waals surface area contributed by atoms with Gasteiger partial charge in [0.25, 0.3) is 0 Å². The van der Waals surface area contributed by atoms with Crippen LogP contribution in [-0.2, 0) is 6.42 Å². The number of oxazole rings is 1. The van der Waals surface area contributed by atoms with Gasteiger partial charge in [-0.05, 0) is 24.7 Å². The fourth-order valence-electron chi connectivity index (χ4n) is 1.89. The summed E-state index contributed by atoms with van der Waals surface area (Å²) in [5.41, 5.74) is 0.594. The predicted molar refractivity (Wildman–Crippen MR) is 58.5 cm³/mol. The summed E-state index contributed by atoms with van der Waals surface area (Å²) in [6.07, 6.45) is 1.72. The Morgan fingerprint density at radius 3 is 2.69 bits per heavy atom. The summed E-state index contributed by atoms with van der Waals surface area (Å²) in [7, 11) is 0. The molecule has 1 aliphatic carbocycles. The lowest BCUT2D eigenvalue weighted by atomic mass is 10.1. The molecule has 2 rings (SSSR count). The topological polar surface area (TPSA) is 63.3 Å².